The van der Waals surface area contributed by atoms with Crippen molar-refractivity contribution in [2.45, 2.75) is 45.8 Å². The second-order valence-electron chi connectivity index (χ2n) is 4.57. The summed E-state index contributed by atoms with van der Waals surface area (Å²) in [6, 6.07) is 0.500. The number of hydrogen-bond acceptors (Lipinski definition) is 4. The van der Waals surface area contributed by atoms with Crippen molar-refractivity contribution < 1.29 is 4.74 Å². The molecule has 1 aromatic rings. The highest BCUT2D eigenvalue weighted by Gasteiger charge is 2.51. The summed E-state index contributed by atoms with van der Waals surface area (Å²) in [5, 5.41) is 6.55. The molecule has 2 rings (SSSR count). The smallest absolute Gasteiger partial charge is 0.182 e. The third-order valence-corrected chi connectivity index (χ3v) is 4.55. The summed E-state index contributed by atoms with van der Waals surface area (Å²) in [5.74, 6) is 0. The Balaban J connectivity index is 1.97. The number of nitrogens with one attached hydrogen (secondary N) is 1. The summed E-state index contributed by atoms with van der Waals surface area (Å²) in [6.45, 7) is 7.42. The van der Waals surface area contributed by atoms with Gasteiger partial charge in [-0.3, -0.25) is 0 Å². The highest BCUT2D eigenvalue weighted by atomic mass is 32.1. The molecule has 1 N–H and O–H groups in total. The van der Waals surface area contributed by atoms with Gasteiger partial charge in [-0.1, -0.05) is 13.8 Å². The third-order valence-electron chi connectivity index (χ3n) is 3.84. The molecule has 0 aliphatic heterocycles. The van der Waals surface area contributed by atoms with Gasteiger partial charge < -0.3 is 10.1 Å². The second kappa shape index (κ2) is 4.72. The summed E-state index contributed by atoms with van der Waals surface area (Å²) in [6.07, 6.45) is 4.48. The molecule has 0 saturated heterocycles. The van der Waals surface area contributed by atoms with E-state index in [1.54, 1.807) is 11.3 Å². The summed E-state index contributed by atoms with van der Waals surface area (Å²) in [5.41, 5.74) is 0.252. The van der Waals surface area contributed by atoms with Gasteiger partial charge in [0.1, 0.15) is 0 Å². The van der Waals surface area contributed by atoms with Crippen LogP contribution in [0.1, 0.15) is 33.6 Å². The van der Waals surface area contributed by atoms with Crippen LogP contribution < -0.4 is 5.32 Å². The van der Waals surface area contributed by atoms with Crippen molar-refractivity contribution in [3.8, 4) is 0 Å². The first-order valence-electron chi connectivity index (χ1n) is 5.98. The fraction of sp³-hybridized carbons (Fsp3) is 0.750. The maximum Gasteiger partial charge on any atom is 0.182 e. The first-order chi connectivity index (χ1) is 7.70. The number of anilines is 1. The minimum Gasteiger partial charge on any atom is -0.378 e. The second-order valence-corrected chi connectivity index (χ2v) is 5.47. The zero-order valence-corrected chi connectivity index (χ0v) is 11.0. The van der Waals surface area contributed by atoms with Crippen molar-refractivity contribution in [3.63, 3.8) is 0 Å². The SMILES string of the molecule is CCOC1CC(Nc2nccs2)C1(C)CC. The lowest BCUT2D eigenvalue weighted by atomic mass is 9.61. The van der Waals surface area contributed by atoms with Crippen molar-refractivity contribution in [2.24, 2.45) is 5.41 Å². The highest BCUT2D eigenvalue weighted by Crippen LogP contribution is 2.47. The first kappa shape index (κ1) is 11.9. The van der Waals surface area contributed by atoms with Crippen LogP contribution in [-0.4, -0.2) is 23.7 Å². The molecule has 0 amide bonds. The summed E-state index contributed by atoms with van der Waals surface area (Å²) >= 11 is 1.66. The maximum absolute atomic E-state index is 5.78. The molecule has 90 valence electrons. The molecule has 1 saturated carbocycles. The van der Waals surface area contributed by atoms with Crippen LogP contribution in [0, 0.1) is 5.41 Å². The van der Waals surface area contributed by atoms with Crippen molar-refractivity contribution >= 4 is 16.5 Å². The van der Waals surface area contributed by atoms with E-state index in [9.17, 15) is 0 Å². The van der Waals surface area contributed by atoms with Crippen molar-refractivity contribution in [1.82, 2.24) is 4.98 Å². The van der Waals surface area contributed by atoms with Crippen LogP contribution in [-0.2, 0) is 4.74 Å². The van der Waals surface area contributed by atoms with Crippen LogP contribution in [0.3, 0.4) is 0 Å². The van der Waals surface area contributed by atoms with E-state index in [0.29, 0.717) is 12.1 Å². The minimum absolute atomic E-state index is 0.252. The van der Waals surface area contributed by atoms with E-state index in [1.807, 2.05) is 11.6 Å². The van der Waals surface area contributed by atoms with E-state index >= 15 is 0 Å². The lowest BCUT2D eigenvalue weighted by molar-refractivity contribution is -0.109. The van der Waals surface area contributed by atoms with Gasteiger partial charge in [0.05, 0.1) is 6.10 Å². The Hall–Kier alpha value is -0.610. The Morgan fingerprint density at radius 1 is 1.62 bits per heavy atom. The van der Waals surface area contributed by atoms with Gasteiger partial charge in [-0.15, -0.1) is 11.3 Å². The van der Waals surface area contributed by atoms with Crippen LogP contribution in [0.5, 0.6) is 0 Å². The fourth-order valence-corrected chi connectivity index (χ4v) is 3.00. The Labute approximate surface area is 101 Å². The molecule has 0 aromatic carbocycles. The van der Waals surface area contributed by atoms with E-state index < -0.39 is 0 Å². The van der Waals surface area contributed by atoms with Crippen molar-refractivity contribution in [1.29, 1.82) is 0 Å². The molecular formula is C12H20N2OS. The van der Waals surface area contributed by atoms with Gasteiger partial charge in [0.2, 0.25) is 0 Å². The average Bonchev–Trinajstić information content (AvgIpc) is 2.79. The summed E-state index contributed by atoms with van der Waals surface area (Å²) in [7, 11) is 0. The molecule has 0 bridgehead atoms. The van der Waals surface area contributed by atoms with Crippen LogP contribution in [0.25, 0.3) is 0 Å². The van der Waals surface area contributed by atoms with E-state index in [4.69, 9.17) is 4.74 Å². The average molecular weight is 240 g/mol. The Morgan fingerprint density at radius 3 is 3.00 bits per heavy atom. The largest absolute Gasteiger partial charge is 0.378 e. The monoisotopic (exact) mass is 240 g/mol. The van der Waals surface area contributed by atoms with Crippen LogP contribution >= 0.6 is 11.3 Å². The normalized spacial score (nSPS) is 33.4. The number of rotatable bonds is 5. The van der Waals surface area contributed by atoms with Gasteiger partial charge in [0.15, 0.2) is 5.13 Å². The molecule has 1 fully saturated rings. The number of hydrogen-bond donors (Lipinski definition) is 1. The molecule has 1 aliphatic carbocycles. The van der Waals surface area contributed by atoms with Gasteiger partial charge in [-0.05, 0) is 19.8 Å². The Kier molecular flexibility index (Phi) is 3.50. The van der Waals surface area contributed by atoms with Gasteiger partial charge in [-0.2, -0.15) is 0 Å². The number of ether oxygens (including phenoxy) is 1. The molecule has 3 atom stereocenters. The van der Waals surface area contributed by atoms with Crippen LogP contribution in [0.2, 0.25) is 0 Å². The molecule has 16 heavy (non-hydrogen) atoms. The van der Waals surface area contributed by atoms with Crippen molar-refractivity contribution in [2.75, 3.05) is 11.9 Å². The predicted octanol–water partition coefficient (Wildman–Crippen LogP) is 3.15. The van der Waals surface area contributed by atoms with E-state index in [2.05, 4.69) is 31.1 Å². The molecule has 4 heteroatoms. The number of thiazole rings is 1. The lowest BCUT2D eigenvalue weighted by Crippen LogP contribution is -2.59. The van der Waals surface area contributed by atoms with Crippen LogP contribution in [0.15, 0.2) is 11.6 Å². The van der Waals surface area contributed by atoms with E-state index in [0.717, 1.165) is 24.6 Å². The minimum atomic E-state index is 0.252. The topological polar surface area (TPSA) is 34.1 Å². The zero-order valence-electron chi connectivity index (χ0n) is 10.2. The third kappa shape index (κ3) is 1.96. The first-order valence-corrected chi connectivity index (χ1v) is 6.86. The van der Waals surface area contributed by atoms with Gasteiger partial charge in [0.25, 0.3) is 0 Å². The highest BCUT2D eigenvalue weighted by molar-refractivity contribution is 7.13. The van der Waals surface area contributed by atoms with Gasteiger partial charge in [0, 0.05) is 29.6 Å². The van der Waals surface area contributed by atoms with Crippen LogP contribution in [0.4, 0.5) is 5.13 Å². The maximum atomic E-state index is 5.78. The number of aromatic nitrogens is 1. The molecule has 3 unspecified atom stereocenters. The van der Waals surface area contributed by atoms with Gasteiger partial charge in [-0.25, -0.2) is 4.98 Å². The molecular weight excluding hydrogens is 220 g/mol. The summed E-state index contributed by atoms with van der Waals surface area (Å²) < 4.78 is 5.78. The summed E-state index contributed by atoms with van der Waals surface area (Å²) in [4.78, 5) is 4.28. The Morgan fingerprint density at radius 2 is 2.44 bits per heavy atom. The predicted molar refractivity (Wildman–Crippen MR) is 68.0 cm³/mol. The fourth-order valence-electron chi connectivity index (χ4n) is 2.42. The lowest BCUT2D eigenvalue weighted by Gasteiger charge is -2.53. The molecule has 1 aromatic heterocycles. The van der Waals surface area contributed by atoms with E-state index in [1.165, 1.54) is 0 Å². The molecule has 0 spiro atoms. The standard InChI is InChI=1S/C12H20N2OS/c1-4-12(3)9(8-10(12)15-5-2)14-11-13-6-7-16-11/h6-7,9-10H,4-5,8H2,1-3H3,(H,13,14). The zero-order chi connectivity index (χ0) is 11.6. The van der Waals surface area contributed by atoms with E-state index in [-0.39, 0.29) is 5.41 Å². The quantitative estimate of drug-likeness (QED) is 0.858. The molecule has 0 radical (unpaired) electrons. The Bertz CT molecular complexity index is 328. The van der Waals surface area contributed by atoms with Crippen molar-refractivity contribution in [3.05, 3.63) is 11.6 Å². The molecule has 3 nitrogen and oxygen atoms in total. The number of nitrogens with zero attached hydrogens (tertiary/aromatic N) is 1. The van der Waals surface area contributed by atoms with Gasteiger partial charge >= 0.3 is 0 Å². The molecule has 1 heterocycles. The molecule has 1 aliphatic rings.